The summed E-state index contributed by atoms with van der Waals surface area (Å²) in [7, 11) is 0. The van der Waals surface area contributed by atoms with E-state index in [1.54, 1.807) is 11.8 Å². The van der Waals surface area contributed by atoms with Gasteiger partial charge in [-0.25, -0.2) is 0 Å². The van der Waals surface area contributed by atoms with E-state index in [4.69, 9.17) is 0 Å². The van der Waals surface area contributed by atoms with Gasteiger partial charge in [0, 0.05) is 18.4 Å². The molecule has 1 aromatic rings. The molecular weight excluding hydrogens is 186 g/mol. The first-order valence-corrected chi connectivity index (χ1v) is 5.82. The maximum Gasteiger partial charge on any atom is 0.0490 e. The van der Waals surface area contributed by atoms with Crippen molar-refractivity contribution in [1.29, 1.82) is 0 Å². The van der Waals surface area contributed by atoms with E-state index in [0.29, 0.717) is 0 Å². The van der Waals surface area contributed by atoms with Gasteiger partial charge < -0.3 is 5.32 Å². The second-order valence-corrected chi connectivity index (χ2v) is 4.12. The minimum absolute atomic E-state index is 0.896. The molecule has 0 bridgehead atoms. The molecule has 2 rings (SSSR count). The van der Waals surface area contributed by atoms with Crippen LogP contribution in [0.1, 0.15) is 37.8 Å². The summed E-state index contributed by atoms with van der Waals surface area (Å²) in [5.74, 6) is 0. The van der Waals surface area contributed by atoms with E-state index >= 15 is 0 Å². The normalized spacial score (nSPS) is 16.4. The molecular formula is C12H19N3. The lowest BCUT2D eigenvalue weighted by Crippen LogP contribution is -2.15. The van der Waals surface area contributed by atoms with Gasteiger partial charge in [0.1, 0.15) is 0 Å². The average molecular weight is 205 g/mol. The standard InChI is InChI=1S/C12H19N3/c1-2-4-11(5-3-1)6-8-13-10-12-7-9-14-15-12/h4,7,9,13H,1-3,5-6,8,10H2,(H,14,15). The van der Waals surface area contributed by atoms with Gasteiger partial charge in [-0.05, 0) is 44.7 Å². The van der Waals surface area contributed by atoms with Crippen molar-refractivity contribution in [3.63, 3.8) is 0 Å². The van der Waals surface area contributed by atoms with Crippen LogP contribution in [0.5, 0.6) is 0 Å². The Kier molecular flexibility index (Phi) is 3.97. The SMILES string of the molecule is C1=C(CCNCc2ccn[nH]2)CCCC1. The van der Waals surface area contributed by atoms with Crippen LogP contribution in [0, 0.1) is 0 Å². The molecule has 0 amide bonds. The van der Waals surface area contributed by atoms with Crippen LogP contribution < -0.4 is 5.32 Å². The third kappa shape index (κ3) is 3.51. The molecule has 1 aliphatic rings. The quantitative estimate of drug-likeness (QED) is 0.572. The van der Waals surface area contributed by atoms with Gasteiger partial charge in [-0.15, -0.1) is 0 Å². The van der Waals surface area contributed by atoms with Gasteiger partial charge in [0.15, 0.2) is 0 Å². The first-order valence-electron chi connectivity index (χ1n) is 5.82. The number of H-pyrrole nitrogens is 1. The lowest BCUT2D eigenvalue weighted by atomic mass is 9.97. The molecule has 3 heteroatoms. The lowest BCUT2D eigenvalue weighted by molar-refractivity contribution is 0.627. The first kappa shape index (κ1) is 10.4. The van der Waals surface area contributed by atoms with Crippen molar-refractivity contribution in [2.24, 2.45) is 0 Å². The van der Waals surface area contributed by atoms with Crippen LogP contribution in [0.15, 0.2) is 23.9 Å². The van der Waals surface area contributed by atoms with Crippen LogP contribution in [0.2, 0.25) is 0 Å². The van der Waals surface area contributed by atoms with Gasteiger partial charge >= 0.3 is 0 Å². The molecule has 0 saturated carbocycles. The fourth-order valence-corrected chi connectivity index (χ4v) is 1.99. The summed E-state index contributed by atoms with van der Waals surface area (Å²) in [5, 5.41) is 10.3. The zero-order chi connectivity index (χ0) is 10.3. The molecule has 0 aliphatic heterocycles. The van der Waals surface area contributed by atoms with Crippen LogP contribution in [0.3, 0.4) is 0 Å². The van der Waals surface area contributed by atoms with E-state index in [0.717, 1.165) is 18.8 Å². The molecule has 15 heavy (non-hydrogen) atoms. The Morgan fingerprint density at radius 1 is 1.40 bits per heavy atom. The second kappa shape index (κ2) is 5.71. The van der Waals surface area contributed by atoms with Crippen LogP contribution in [-0.2, 0) is 6.54 Å². The van der Waals surface area contributed by atoms with Gasteiger partial charge in [0.2, 0.25) is 0 Å². The summed E-state index contributed by atoms with van der Waals surface area (Å²) in [6.07, 6.45) is 10.8. The van der Waals surface area contributed by atoms with Crippen LogP contribution in [0.25, 0.3) is 0 Å². The third-order valence-corrected chi connectivity index (χ3v) is 2.88. The van der Waals surface area contributed by atoms with E-state index in [-0.39, 0.29) is 0 Å². The summed E-state index contributed by atoms with van der Waals surface area (Å²) in [6.45, 7) is 1.97. The molecule has 0 radical (unpaired) electrons. The highest BCUT2D eigenvalue weighted by molar-refractivity contribution is 5.05. The van der Waals surface area contributed by atoms with E-state index in [2.05, 4.69) is 21.6 Å². The molecule has 1 aromatic heterocycles. The predicted molar refractivity (Wildman–Crippen MR) is 61.5 cm³/mol. The van der Waals surface area contributed by atoms with Gasteiger partial charge in [-0.1, -0.05) is 11.6 Å². The minimum Gasteiger partial charge on any atom is -0.311 e. The van der Waals surface area contributed by atoms with E-state index < -0.39 is 0 Å². The molecule has 3 nitrogen and oxygen atoms in total. The fraction of sp³-hybridized carbons (Fsp3) is 0.583. The van der Waals surface area contributed by atoms with Gasteiger partial charge in [0.05, 0.1) is 0 Å². The molecule has 0 unspecified atom stereocenters. The highest BCUT2D eigenvalue weighted by atomic mass is 15.1. The maximum atomic E-state index is 3.91. The van der Waals surface area contributed by atoms with Crippen LogP contribution >= 0.6 is 0 Å². The number of rotatable bonds is 5. The molecule has 1 heterocycles. The zero-order valence-corrected chi connectivity index (χ0v) is 9.13. The number of hydrogen-bond donors (Lipinski definition) is 2. The third-order valence-electron chi connectivity index (χ3n) is 2.88. The van der Waals surface area contributed by atoms with E-state index in [1.807, 2.05) is 6.07 Å². The van der Waals surface area contributed by atoms with Crippen molar-refractivity contribution in [3.8, 4) is 0 Å². The zero-order valence-electron chi connectivity index (χ0n) is 9.13. The second-order valence-electron chi connectivity index (χ2n) is 4.12. The number of hydrogen-bond acceptors (Lipinski definition) is 2. The highest BCUT2D eigenvalue weighted by Crippen LogP contribution is 2.19. The van der Waals surface area contributed by atoms with Crippen molar-refractivity contribution < 1.29 is 0 Å². The number of nitrogens with one attached hydrogen (secondary N) is 2. The van der Waals surface area contributed by atoms with Crippen molar-refractivity contribution in [2.45, 2.75) is 38.6 Å². The van der Waals surface area contributed by atoms with Gasteiger partial charge in [-0.2, -0.15) is 5.10 Å². The lowest BCUT2D eigenvalue weighted by Gasteiger charge is -2.12. The maximum absolute atomic E-state index is 3.91. The molecule has 0 spiro atoms. The Hall–Kier alpha value is -1.09. The van der Waals surface area contributed by atoms with Crippen LogP contribution in [0.4, 0.5) is 0 Å². The summed E-state index contributed by atoms with van der Waals surface area (Å²) < 4.78 is 0. The van der Waals surface area contributed by atoms with Crippen molar-refractivity contribution in [2.75, 3.05) is 6.54 Å². The molecule has 0 aromatic carbocycles. The Morgan fingerprint density at radius 2 is 2.40 bits per heavy atom. The summed E-state index contributed by atoms with van der Waals surface area (Å²) in [5.41, 5.74) is 2.80. The summed E-state index contributed by atoms with van der Waals surface area (Å²) in [4.78, 5) is 0. The predicted octanol–water partition coefficient (Wildman–Crippen LogP) is 2.39. The number of aromatic nitrogens is 2. The highest BCUT2D eigenvalue weighted by Gasteiger charge is 2.02. The molecule has 0 atom stereocenters. The summed E-state index contributed by atoms with van der Waals surface area (Å²) in [6, 6.07) is 2.01. The molecule has 0 saturated heterocycles. The largest absolute Gasteiger partial charge is 0.311 e. The molecule has 0 fully saturated rings. The molecule has 2 N–H and O–H groups in total. The summed E-state index contributed by atoms with van der Waals surface area (Å²) >= 11 is 0. The van der Waals surface area contributed by atoms with E-state index in [9.17, 15) is 0 Å². The monoisotopic (exact) mass is 205 g/mol. The average Bonchev–Trinajstić information content (AvgIpc) is 2.79. The smallest absolute Gasteiger partial charge is 0.0490 e. The van der Waals surface area contributed by atoms with Gasteiger partial charge in [0.25, 0.3) is 0 Å². The number of nitrogens with zero attached hydrogens (tertiary/aromatic N) is 1. The Balaban J connectivity index is 1.60. The Bertz CT molecular complexity index is 301. The minimum atomic E-state index is 0.896. The topological polar surface area (TPSA) is 40.7 Å². The van der Waals surface area contributed by atoms with Crippen LogP contribution in [-0.4, -0.2) is 16.7 Å². The fourth-order valence-electron chi connectivity index (χ4n) is 1.99. The van der Waals surface area contributed by atoms with Crippen molar-refractivity contribution in [1.82, 2.24) is 15.5 Å². The van der Waals surface area contributed by atoms with Crippen molar-refractivity contribution in [3.05, 3.63) is 29.6 Å². The molecule has 82 valence electrons. The van der Waals surface area contributed by atoms with Gasteiger partial charge in [-0.3, -0.25) is 5.10 Å². The molecule has 1 aliphatic carbocycles. The Labute approximate surface area is 91.0 Å². The first-order chi connectivity index (χ1) is 7.45. The number of aromatic amines is 1. The van der Waals surface area contributed by atoms with E-state index in [1.165, 1.54) is 32.1 Å². The Morgan fingerprint density at radius 3 is 3.13 bits per heavy atom. The number of allylic oxidation sites excluding steroid dienone is 1. The van der Waals surface area contributed by atoms with Crippen molar-refractivity contribution >= 4 is 0 Å².